The molecule has 0 atom stereocenters. The minimum atomic E-state index is -3.57. The van der Waals surface area contributed by atoms with Gasteiger partial charge in [0.25, 0.3) is 6.29 Å². The Morgan fingerprint density at radius 2 is 1.57 bits per heavy atom. The Bertz CT molecular complexity index is 630. The number of hydrogen-bond donors (Lipinski definition) is 0. The Balaban J connectivity index is 1.51. The number of alkyl halides is 2. The smallest absolute Gasteiger partial charge is 0.345 e. The van der Waals surface area contributed by atoms with E-state index in [9.17, 15) is 22.0 Å². The van der Waals surface area contributed by atoms with Crippen molar-refractivity contribution in [2.75, 3.05) is 13.2 Å². The zero-order valence-electron chi connectivity index (χ0n) is 15.7. The first-order chi connectivity index (χ1) is 13.3. The Morgan fingerprint density at radius 1 is 1.00 bits per heavy atom. The zero-order valence-corrected chi connectivity index (χ0v) is 15.7. The van der Waals surface area contributed by atoms with Crippen LogP contribution in [0.3, 0.4) is 0 Å². The largest absolute Gasteiger partial charge is 0.406 e. The molecule has 1 heterocycles. The van der Waals surface area contributed by atoms with Crippen molar-refractivity contribution >= 4 is 0 Å². The van der Waals surface area contributed by atoms with E-state index in [1.54, 1.807) is 0 Å². The second-order valence-electron chi connectivity index (χ2n) is 7.61. The van der Waals surface area contributed by atoms with Gasteiger partial charge in [-0.2, -0.15) is 8.78 Å². The standard InChI is InChI=1S/C20H25F5O3/c1-2-3-12-10-26-19(27-11-12)20(24,25)28-15-6-4-13(5-7-15)14-8-16(21)18(23)17(22)9-14/h8-9,12-13,15,19H,2-7,10-11H2,1H3. The van der Waals surface area contributed by atoms with Crippen molar-refractivity contribution in [3.63, 3.8) is 0 Å². The minimum absolute atomic E-state index is 0.115. The van der Waals surface area contributed by atoms with Crippen molar-refractivity contribution in [2.45, 2.75) is 69.9 Å². The van der Waals surface area contributed by atoms with E-state index < -0.39 is 36.0 Å². The van der Waals surface area contributed by atoms with E-state index in [-0.39, 0.29) is 25.0 Å². The van der Waals surface area contributed by atoms with Crippen LogP contribution in [0.25, 0.3) is 0 Å². The van der Waals surface area contributed by atoms with Crippen LogP contribution in [0, 0.1) is 23.4 Å². The van der Waals surface area contributed by atoms with E-state index in [1.807, 2.05) is 6.92 Å². The van der Waals surface area contributed by atoms with Crippen molar-refractivity contribution in [1.29, 1.82) is 0 Å². The van der Waals surface area contributed by atoms with Crippen LogP contribution in [0.2, 0.25) is 0 Å². The molecular formula is C20H25F5O3. The fourth-order valence-corrected chi connectivity index (χ4v) is 3.91. The van der Waals surface area contributed by atoms with Crippen LogP contribution in [0.5, 0.6) is 0 Å². The van der Waals surface area contributed by atoms with Crippen molar-refractivity contribution in [1.82, 2.24) is 0 Å². The van der Waals surface area contributed by atoms with Crippen LogP contribution >= 0.6 is 0 Å². The van der Waals surface area contributed by atoms with Crippen LogP contribution in [-0.4, -0.2) is 31.7 Å². The van der Waals surface area contributed by atoms with Crippen LogP contribution in [0.4, 0.5) is 22.0 Å². The lowest BCUT2D eigenvalue weighted by Crippen LogP contribution is -2.47. The second-order valence-corrected chi connectivity index (χ2v) is 7.61. The number of hydrogen-bond acceptors (Lipinski definition) is 3. The summed E-state index contributed by atoms with van der Waals surface area (Å²) in [6.45, 7) is 2.44. The normalized spacial score (nSPS) is 29.1. The number of rotatable bonds is 6. The average Bonchev–Trinajstić information content (AvgIpc) is 2.67. The molecule has 1 aliphatic carbocycles. The molecule has 0 aromatic heterocycles. The number of halogens is 5. The molecule has 0 radical (unpaired) electrons. The highest BCUT2D eigenvalue weighted by Gasteiger charge is 2.47. The van der Waals surface area contributed by atoms with Gasteiger partial charge >= 0.3 is 6.11 Å². The summed E-state index contributed by atoms with van der Waals surface area (Å²) in [4.78, 5) is 0. The molecule has 1 aromatic carbocycles. The first-order valence-electron chi connectivity index (χ1n) is 9.73. The van der Waals surface area contributed by atoms with Crippen LogP contribution < -0.4 is 0 Å². The summed E-state index contributed by atoms with van der Waals surface area (Å²) in [7, 11) is 0. The molecule has 1 saturated heterocycles. The third-order valence-corrected chi connectivity index (χ3v) is 5.41. The van der Waals surface area contributed by atoms with E-state index in [0.717, 1.165) is 25.0 Å². The Kier molecular flexibility index (Phi) is 6.94. The molecule has 28 heavy (non-hydrogen) atoms. The first kappa shape index (κ1) is 21.5. The van der Waals surface area contributed by atoms with E-state index in [2.05, 4.69) is 0 Å². The van der Waals surface area contributed by atoms with Gasteiger partial charge in [0, 0.05) is 5.92 Å². The van der Waals surface area contributed by atoms with E-state index >= 15 is 0 Å². The van der Waals surface area contributed by atoms with E-state index in [1.165, 1.54) is 0 Å². The Labute approximate surface area is 161 Å². The van der Waals surface area contributed by atoms with E-state index in [4.69, 9.17) is 14.2 Å². The van der Waals surface area contributed by atoms with Crippen molar-refractivity contribution in [3.05, 3.63) is 35.1 Å². The van der Waals surface area contributed by atoms with Crippen molar-refractivity contribution < 1.29 is 36.2 Å². The minimum Gasteiger partial charge on any atom is -0.345 e. The molecule has 0 unspecified atom stereocenters. The SMILES string of the molecule is CCCC1COC(C(F)(F)OC2CCC(c3cc(F)c(F)c(F)c3)CC2)OC1. The van der Waals surface area contributed by atoms with Crippen LogP contribution in [0.15, 0.2) is 12.1 Å². The Hall–Kier alpha value is -1.25. The van der Waals surface area contributed by atoms with Gasteiger partial charge in [-0.05, 0) is 55.7 Å². The highest BCUT2D eigenvalue weighted by atomic mass is 19.3. The summed E-state index contributed by atoms with van der Waals surface area (Å²) < 4.78 is 83.9. The zero-order chi connectivity index (χ0) is 20.3. The maximum absolute atomic E-state index is 14.4. The molecule has 0 bridgehead atoms. The molecule has 3 rings (SSSR count). The molecule has 2 fully saturated rings. The summed E-state index contributed by atoms with van der Waals surface area (Å²) in [6, 6.07) is 1.94. The fraction of sp³-hybridized carbons (Fsp3) is 0.700. The average molecular weight is 408 g/mol. The monoisotopic (exact) mass is 408 g/mol. The maximum atomic E-state index is 14.4. The molecular weight excluding hydrogens is 383 g/mol. The summed E-state index contributed by atoms with van der Waals surface area (Å²) in [5, 5.41) is 0. The highest BCUT2D eigenvalue weighted by Crippen LogP contribution is 2.38. The van der Waals surface area contributed by atoms with Crippen molar-refractivity contribution in [2.24, 2.45) is 5.92 Å². The van der Waals surface area contributed by atoms with Gasteiger partial charge < -0.3 is 14.2 Å². The molecule has 1 aromatic rings. The van der Waals surface area contributed by atoms with Crippen molar-refractivity contribution in [3.8, 4) is 0 Å². The van der Waals surface area contributed by atoms with Gasteiger partial charge in [-0.1, -0.05) is 13.3 Å². The lowest BCUT2D eigenvalue weighted by atomic mass is 9.82. The van der Waals surface area contributed by atoms with Crippen LogP contribution in [0.1, 0.15) is 56.9 Å². The predicted molar refractivity (Wildman–Crippen MR) is 91.4 cm³/mol. The molecule has 0 amide bonds. The van der Waals surface area contributed by atoms with Gasteiger partial charge in [-0.3, -0.25) is 0 Å². The van der Waals surface area contributed by atoms with Gasteiger partial charge in [0.2, 0.25) is 0 Å². The second kappa shape index (κ2) is 9.05. The van der Waals surface area contributed by atoms with Crippen LogP contribution in [-0.2, 0) is 14.2 Å². The van der Waals surface area contributed by atoms with Gasteiger partial charge in [0.15, 0.2) is 17.5 Å². The molecule has 8 heteroatoms. The predicted octanol–water partition coefficient (Wildman–Crippen LogP) is 5.53. The molecule has 1 aliphatic heterocycles. The van der Waals surface area contributed by atoms with E-state index in [0.29, 0.717) is 31.2 Å². The molecule has 3 nitrogen and oxygen atoms in total. The van der Waals surface area contributed by atoms with Gasteiger partial charge in [0.05, 0.1) is 19.3 Å². The summed E-state index contributed by atoms with van der Waals surface area (Å²) >= 11 is 0. The van der Waals surface area contributed by atoms with Gasteiger partial charge in [0.1, 0.15) is 0 Å². The van der Waals surface area contributed by atoms with Gasteiger partial charge in [-0.25, -0.2) is 13.2 Å². The molecule has 158 valence electrons. The summed E-state index contributed by atoms with van der Waals surface area (Å²) in [6.07, 6.45) is -2.79. The summed E-state index contributed by atoms with van der Waals surface area (Å²) in [5.74, 6) is -4.10. The first-order valence-corrected chi connectivity index (χ1v) is 9.73. The third-order valence-electron chi connectivity index (χ3n) is 5.41. The molecule has 1 saturated carbocycles. The third kappa shape index (κ3) is 5.02. The number of benzene rings is 1. The number of ether oxygens (including phenoxy) is 3. The van der Waals surface area contributed by atoms with Gasteiger partial charge in [-0.15, -0.1) is 0 Å². The summed E-state index contributed by atoms with van der Waals surface area (Å²) in [5.41, 5.74) is 0.336. The Morgan fingerprint density at radius 3 is 2.11 bits per heavy atom. The maximum Gasteiger partial charge on any atom is 0.406 e. The fourth-order valence-electron chi connectivity index (χ4n) is 3.91. The molecule has 2 aliphatic rings. The lowest BCUT2D eigenvalue weighted by molar-refractivity contribution is -0.390. The topological polar surface area (TPSA) is 27.7 Å². The highest BCUT2D eigenvalue weighted by molar-refractivity contribution is 5.23. The molecule has 0 N–H and O–H groups in total. The molecule has 0 spiro atoms. The lowest BCUT2D eigenvalue weighted by Gasteiger charge is -2.36. The quantitative estimate of drug-likeness (QED) is 0.458.